The van der Waals surface area contributed by atoms with Crippen LogP contribution in [0.2, 0.25) is 0 Å². The number of carbonyl (C=O) groups is 1. The van der Waals surface area contributed by atoms with Gasteiger partial charge in [0, 0.05) is 6.04 Å². The minimum atomic E-state index is -0.165. The number of nitrogens with zero attached hydrogens (tertiary/aromatic N) is 2. The maximum Gasteiger partial charge on any atom is 0.262 e. The van der Waals surface area contributed by atoms with Gasteiger partial charge in [0.1, 0.15) is 5.75 Å². The zero-order valence-electron chi connectivity index (χ0n) is 17.0. The van der Waals surface area contributed by atoms with Gasteiger partial charge in [-0.15, -0.1) is 0 Å². The normalized spacial score (nSPS) is 14.6. The number of fused-ring (bicyclic) bond motifs is 1. The van der Waals surface area contributed by atoms with E-state index in [9.17, 15) is 9.59 Å². The molecule has 4 rings (SSSR count). The van der Waals surface area contributed by atoms with Gasteiger partial charge in [-0.2, -0.15) is 0 Å². The van der Waals surface area contributed by atoms with Crippen LogP contribution in [0, 0.1) is 0 Å². The van der Waals surface area contributed by atoms with Gasteiger partial charge in [-0.3, -0.25) is 14.2 Å². The van der Waals surface area contributed by atoms with E-state index in [1.807, 2.05) is 41.0 Å². The molecule has 1 aliphatic rings. The quantitative estimate of drug-likeness (QED) is 0.462. The molecule has 2 aromatic carbocycles. The fraction of sp³-hybridized carbons (Fsp3) is 0.348. The lowest BCUT2D eigenvalue weighted by Gasteiger charge is -2.26. The summed E-state index contributed by atoms with van der Waals surface area (Å²) >= 11 is 1.31. The molecule has 0 aliphatic heterocycles. The van der Waals surface area contributed by atoms with E-state index in [4.69, 9.17) is 9.72 Å². The lowest BCUT2D eigenvalue weighted by atomic mass is 9.95. The Hall–Kier alpha value is -2.80. The summed E-state index contributed by atoms with van der Waals surface area (Å²) in [6.45, 7) is 0. The van der Waals surface area contributed by atoms with Crippen molar-refractivity contribution < 1.29 is 9.53 Å². The Morgan fingerprint density at radius 3 is 2.67 bits per heavy atom. The van der Waals surface area contributed by atoms with Gasteiger partial charge in [-0.05, 0) is 37.1 Å². The summed E-state index contributed by atoms with van der Waals surface area (Å²) in [5.41, 5.74) is 1.28. The van der Waals surface area contributed by atoms with Crippen molar-refractivity contribution >= 4 is 34.3 Å². The van der Waals surface area contributed by atoms with Crippen molar-refractivity contribution in [1.82, 2.24) is 9.55 Å². The first kappa shape index (κ1) is 20.5. The largest absolute Gasteiger partial charge is 0.495 e. The highest BCUT2D eigenvalue weighted by atomic mass is 32.2. The molecule has 156 valence electrons. The maximum atomic E-state index is 13.3. The monoisotopic (exact) mass is 423 g/mol. The summed E-state index contributed by atoms with van der Waals surface area (Å²) in [7, 11) is 1.57. The number of nitrogens with one attached hydrogen (secondary N) is 1. The van der Waals surface area contributed by atoms with Gasteiger partial charge in [-0.1, -0.05) is 55.3 Å². The number of anilines is 1. The van der Waals surface area contributed by atoms with Crippen LogP contribution < -0.4 is 15.6 Å². The van der Waals surface area contributed by atoms with Crippen LogP contribution in [0.1, 0.15) is 38.1 Å². The van der Waals surface area contributed by atoms with Crippen molar-refractivity contribution in [3.8, 4) is 5.75 Å². The molecule has 0 spiro atoms. The van der Waals surface area contributed by atoms with Crippen LogP contribution in [0.25, 0.3) is 10.9 Å². The highest BCUT2D eigenvalue weighted by Gasteiger charge is 2.22. The van der Waals surface area contributed by atoms with Crippen molar-refractivity contribution in [2.75, 3.05) is 18.2 Å². The van der Waals surface area contributed by atoms with Gasteiger partial charge in [0.05, 0.1) is 29.5 Å². The number of hydrogen-bond acceptors (Lipinski definition) is 5. The average molecular weight is 424 g/mol. The maximum absolute atomic E-state index is 13.3. The number of para-hydroxylation sites is 3. The third-order valence-corrected chi connectivity index (χ3v) is 6.38. The fourth-order valence-electron chi connectivity index (χ4n) is 3.95. The zero-order chi connectivity index (χ0) is 20.9. The molecule has 0 atom stereocenters. The Labute approximate surface area is 179 Å². The smallest absolute Gasteiger partial charge is 0.262 e. The molecule has 1 amide bonds. The van der Waals surface area contributed by atoms with E-state index < -0.39 is 0 Å². The molecule has 0 bridgehead atoms. The van der Waals surface area contributed by atoms with Crippen LogP contribution in [0.4, 0.5) is 5.69 Å². The lowest BCUT2D eigenvalue weighted by molar-refractivity contribution is -0.113. The molecule has 0 unspecified atom stereocenters. The van der Waals surface area contributed by atoms with Crippen molar-refractivity contribution in [2.45, 2.75) is 43.3 Å². The Bertz CT molecular complexity index is 1110. The third-order valence-electron chi connectivity index (χ3n) is 5.43. The fourth-order valence-corrected chi connectivity index (χ4v) is 4.82. The van der Waals surface area contributed by atoms with Crippen LogP contribution >= 0.6 is 11.8 Å². The Morgan fingerprint density at radius 1 is 1.13 bits per heavy atom. The van der Waals surface area contributed by atoms with E-state index in [2.05, 4.69) is 5.32 Å². The Kier molecular flexibility index (Phi) is 6.38. The number of thioether (sulfide) groups is 1. The van der Waals surface area contributed by atoms with Crippen LogP contribution in [-0.4, -0.2) is 28.3 Å². The summed E-state index contributed by atoms with van der Waals surface area (Å²) < 4.78 is 7.11. The predicted octanol–water partition coefficient (Wildman–Crippen LogP) is 4.64. The molecule has 0 saturated heterocycles. The van der Waals surface area contributed by atoms with Gasteiger partial charge < -0.3 is 10.1 Å². The molecule has 1 N–H and O–H groups in total. The number of aromatic nitrogens is 2. The van der Waals surface area contributed by atoms with Gasteiger partial charge >= 0.3 is 0 Å². The molecule has 1 heterocycles. The van der Waals surface area contributed by atoms with Gasteiger partial charge in [0.15, 0.2) is 5.16 Å². The van der Waals surface area contributed by atoms with Gasteiger partial charge in [-0.25, -0.2) is 4.98 Å². The topological polar surface area (TPSA) is 73.2 Å². The number of methoxy groups -OCH3 is 1. The molecule has 1 saturated carbocycles. The van der Waals surface area contributed by atoms with Crippen molar-refractivity contribution in [1.29, 1.82) is 0 Å². The van der Waals surface area contributed by atoms with E-state index >= 15 is 0 Å². The molecule has 1 fully saturated rings. The van der Waals surface area contributed by atoms with Crippen LogP contribution in [0.3, 0.4) is 0 Å². The lowest BCUT2D eigenvalue weighted by Crippen LogP contribution is -2.29. The van der Waals surface area contributed by atoms with E-state index in [-0.39, 0.29) is 23.3 Å². The zero-order valence-corrected chi connectivity index (χ0v) is 17.8. The average Bonchev–Trinajstić information content (AvgIpc) is 2.79. The minimum absolute atomic E-state index is 0.0138. The second-order valence-electron chi connectivity index (χ2n) is 7.42. The number of amides is 1. The molecule has 1 aromatic heterocycles. The van der Waals surface area contributed by atoms with Gasteiger partial charge in [0.2, 0.25) is 5.91 Å². The first-order valence-corrected chi connectivity index (χ1v) is 11.2. The minimum Gasteiger partial charge on any atom is -0.495 e. The molecule has 3 aromatic rings. The first-order chi connectivity index (χ1) is 14.7. The van der Waals surface area contributed by atoms with Crippen molar-refractivity contribution in [3.63, 3.8) is 0 Å². The molecule has 6 nitrogen and oxygen atoms in total. The van der Waals surface area contributed by atoms with Crippen LogP contribution in [0.5, 0.6) is 5.75 Å². The van der Waals surface area contributed by atoms with Crippen LogP contribution in [-0.2, 0) is 4.79 Å². The molecule has 7 heteroatoms. The van der Waals surface area contributed by atoms with Crippen LogP contribution in [0.15, 0.2) is 58.5 Å². The molecular weight excluding hydrogens is 398 g/mol. The number of hydrogen-bond donors (Lipinski definition) is 1. The number of ether oxygens (including phenoxy) is 1. The number of benzene rings is 2. The van der Waals surface area contributed by atoms with Gasteiger partial charge in [0.25, 0.3) is 5.56 Å². The standard InChI is InChI=1S/C23H25N3O3S/c1-29-20-14-8-7-13-19(20)24-21(27)15-30-23-25-18-12-6-5-11-17(18)22(28)26(23)16-9-3-2-4-10-16/h5-8,11-14,16H,2-4,9-10,15H2,1H3,(H,24,27). The third kappa shape index (κ3) is 4.36. The number of rotatable bonds is 6. The summed E-state index contributed by atoms with van der Waals surface area (Å²) in [6.07, 6.45) is 5.38. The SMILES string of the molecule is COc1ccccc1NC(=O)CSc1nc2ccccc2c(=O)n1C1CCCCC1. The molecule has 1 aliphatic carbocycles. The number of carbonyl (C=O) groups excluding carboxylic acids is 1. The molecule has 0 radical (unpaired) electrons. The Morgan fingerprint density at radius 2 is 1.87 bits per heavy atom. The summed E-state index contributed by atoms with van der Waals surface area (Å²) in [4.78, 5) is 30.6. The molecular formula is C23H25N3O3S. The summed E-state index contributed by atoms with van der Waals surface area (Å²) in [5, 5.41) is 4.12. The second-order valence-corrected chi connectivity index (χ2v) is 8.36. The second kappa shape index (κ2) is 9.34. The predicted molar refractivity (Wildman–Crippen MR) is 120 cm³/mol. The van der Waals surface area contributed by atoms with E-state index in [1.54, 1.807) is 19.2 Å². The first-order valence-electron chi connectivity index (χ1n) is 10.2. The molecule has 30 heavy (non-hydrogen) atoms. The Balaban J connectivity index is 1.59. The van der Waals surface area contributed by atoms with E-state index in [0.29, 0.717) is 27.5 Å². The van der Waals surface area contributed by atoms with E-state index in [0.717, 1.165) is 25.7 Å². The summed E-state index contributed by atoms with van der Waals surface area (Å²) in [6, 6.07) is 14.9. The van der Waals surface area contributed by atoms with E-state index in [1.165, 1.54) is 18.2 Å². The highest BCUT2D eigenvalue weighted by molar-refractivity contribution is 7.99. The van der Waals surface area contributed by atoms with Crippen molar-refractivity contribution in [2.24, 2.45) is 0 Å². The summed E-state index contributed by atoms with van der Waals surface area (Å²) in [5.74, 6) is 0.608. The highest BCUT2D eigenvalue weighted by Crippen LogP contribution is 2.31. The van der Waals surface area contributed by atoms with Crippen molar-refractivity contribution in [3.05, 3.63) is 58.9 Å².